The third-order valence-electron chi connectivity index (χ3n) is 5.84. The van der Waals surface area contributed by atoms with E-state index in [1.807, 2.05) is 19.1 Å². The molecule has 0 saturated heterocycles. The van der Waals surface area contributed by atoms with E-state index in [1.54, 1.807) is 25.1 Å². The number of benzene rings is 2. The summed E-state index contributed by atoms with van der Waals surface area (Å²) in [6, 6.07) is 11.7. The Kier molecular flexibility index (Phi) is 6.98. The SMILES string of the molecule is CCOC(=O)C1=C(C)NC2=C(C(=O)CCC2)[C@@H]1c1cc(Br)ccc1OCc1cccc(F)c1. The van der Waals surface area contributed by atoms with Gasteiger partial charge < -0.3 is 14.8 Å². The van der Waals surface area contributed by atoms with Crippen molar-refractivity contribution in [1.29, 1.82) is 0 Å². The van der Waals surface area contributed by atoms with Crippen LogP contribution in [-0.4, -0.2) is 18.4 Å². The zero-order chi connectivity index (χ0) is 23.5. The van der Waals surface area contributed by atoms with E-state index in [1.165, 1.54) is 12.1 Å². The van der Waals surface area contributed by atoms with Crippen LogP contribution in [0.4, 0.5) is 4.39 Å². The first-order valence-corrected chi connectivity index (χ1v) is 11.8. The zero-order valence-corrected chi connectivity index (χ0v) is 20.1. The van der Waals surface area contributed by atoms with Gasteiger partial charge in [-0.1, -0.05) is 28.1 Å². The summed E-state index contributed by atoms with van der Waals surface area (Å²) in [5, 5.41) is 3.28. The lowest BCUT2D eigenvalue weighted by atomic mass is 9.75. The van der Waals surface area contributed by atoms with Crippen molar-refractivity contribution in [3.63, 3.8) is 0 Å². The van der Waals surface area contributed by atoms with Crippen LogP contribution in [0.5, 0.6) is 5.75 Å². The number of allylic oxidation sites excluding steroid dienone is 3. The Morgan fingerprint density at radius 1 is 1.21 bits per heavy atom. The van der Waals surface area contributed by atoms with Crippen LogP contribution >= 0.6 is 15.9 Å². The summed E-state index contributed by atoms with van der Waals surface area (Å²) in [5.74, 6) is -0.883. The summed E-state index contributed by atoms with van der Waals surface area (Å²) in [4.78, 5) is 26.1. The van der Waals surface area contributed by atoms with Crippen molar-refractivity contribution in [2.24, 2.45) is 0 Å². The number of esters is 1. The molecule has 33 heavy (non-hydrogen) atoms. The third kappa shape index (κ3) is 4.88. The number of rotatable bonds is 6. The van der Waals surface area contributed by atoms with E-state index in [0.717, 1.165) is 23.0 Å². The minimum absolute atomic E-state index is 0.0131. The first-order valence-electron chi connectivity index (χ1n) is 11.0. The molecule has 1 aliphatic carbocycles. The highest BCUT2D eigenvalue weighted by Crippen LogP contribution is 2.46. The summed E-state index contributed by atoms with van der Waals surface area (Å²) in [7, 11) is 0. The van der Waals surface area contributed by atoms with Crippen LogP contribution in [0.1, 0.15) is 50.2 Å². The molecule has 1 aliphatic heterocycles. The lowest BCUT2D eigenvalue weighted by molar-refractivity contribution is -0.138. The number of ether oxygens (including phenoxy) is 2. The van der Waals surface area contributed by atoms with E-state index in [4.69, 9.17) is 9.47 Å². The van der Waals surface area contributed by atoms with E-state index in [0.29, 0.717) is 40.1 Å². The van der Waals surface area contributed by atoms with Gasteiger partial charge in [-0.3, -0.25) is 4.79 Å². The zero-order valence-electron chi connectivity index (χ0n) is 18.5. The smallest absolute Gasteiger partial charge is 0.336 e. The second-order valence-corrected chi connectivity index (χ2v) is 9.00. The molecule has 2 aromatic rings. The van der Waals surface area contributed by atoms with Gasteiger partial charge in [-0.15, -0.1) is 0 Å². The van der Waals surface area contributed by atoms with Gasteiger partial charge >= 0.3 is 5.97 Å². The van der Waals surface area contributed by atoms with Crippen LogP contribution in [0.15, 0.2) is 69.5 Å². The molecule has 5 nitrogen and oxygen atoms in total. The molecule has 2 aromatic carbocycles. The van der Waals surface area contributed by atoms with Crippen LogP contribution in [0.2, 0.25) is 0 Å². The van der Waals surface area contributed by atoms with Crippen molar-refractivity contribution in [3.05, 3.63) is 86.4 Å². The van der Waals surface area contributed by atoms with Crippen molar-refractivity contribution in [2.45, 2.75) is 45.6 Å². The van der Waals surface area contributed by atoms with Gasteiger partial charge in [-0.2, -0.15) is 0 Å². The Morgan fingerprint density at radius 3 is 2.79 bits per heavy atom. The second-order valence-electron chi connectivity index (χ2n) is 8.09. The molecule has 0 bridgehead atoms. The molecule has 0 amide bonds. The van der Waals surface area contributed by atoms with Gasteiger partial charge in [0.25, 0.3) is 0 Å². The number of dihydropyridines is 1. The Balaban J connectivity index is 1.81. The first kappa shape index (κ1) is 23.2. The third-order valence-corrected chi connectivity index (χ3v) is 6.33. The van der Waals surface area contributed by atoms with Gasteiger partial charge in [-0.25, -0.2) is 9.18 Å². The van der Waals surface area contributed by atoms with Crippen molar-refractivity contribution >= 4 is 27.7 Å². The van der Waals surface area contributed by atoms with E-state index >= 15 is 0 Å². The van der Waals surface area contributed by atoms with Gasteiger partial charge in [0.15, 0.2) is 5.78 Å². The fraction of sp³-hybridized carbons (Fsp3) is 0.308. The molecular weight excluding hydrogens is 489 g/mol. The Hall–Kier alpha value is -2.93. The largest absolute Gasteiger partial charge is 0.489 e. The average molecular weight is 514 g/mol. The first-order chi connectivity index (χ1) is 15.9. The Bertz CT molecular complexity index is 1170. The van der Waals surface area contributed by atoms with Crippen LogP contribution < -0.4 is 10.1 Å². The van der Waals surface area contributed by atoms with E-state index in [9.17, 15) is 14.0 Å². The average Bonchev–Trinajstić information content (AvgIpc) is 2.77. The Labute approximate surface area is 200 Å². The monoisotopic (exact) mass is 513 g/mol. The Morgan fingerprint density at radius 2 is 2.03 bits per heavy atom. The molecule has 0 aromatic heterocycles. The fourth-order valence-corrected chi connectivity index (χ4v) is 4.82. The molecule has 1 atom stereocenters. The number of hydrogen-bond donors (Lipinski definition) is 1. The maximum atomic E-state index is 13.6. The number of carbonyl (C=O) groups excluding carboxylic acids is 2. The number of nitrogens with one attached hydrogen (secondary N) is 1. The van der Waals surface area contributed by atoms with Crippen molar-refractivity contribution < 1.29 is 23.5 Å². The number of hydrogen-bond acceptors (Lipinski definition) is 5. The standard InChI is InChI=1S/C26H25BrFNO4/c1-3-32-26(31)23-15(2)29-20-8-5-9-21(30)25(20)24(23)19-13-17(27)10-11-22(19)33-14-16-6-4-7-18(28)12-16/h4,6-7,10-13,24,29H,3,5,8-9,14H2,1-2H3/t24-/m1/s1. The number of halogens is 2. The number of carbonyl (C=O) groups is 2. The fourth-order valence-electron chi connectivity index (χ4n) is 4.44. The normalized spacial score (nSPS) is 18.1. The lowest BCUT2D eigenvalue weighted by Gasteiger charge is -2.34. The van der Waals surface area contributed by atoms with Gasteiger partial charge in [0.05, 0.1) is 18.1 Å². The van der Waals surface area contributed by atoms with Gasteiger partial charge in [0, 0.05) is 33.4 Å². The van der Waals surface area contributed by atoms with Crippen molar-refractivity contribution in [3.8, 4) is 5.75 Å². The molecule has 172 valence electrons. The predicted molar refractivity (Wildman–Crippen MR) is 126 cm³/mol. The lowest BCUT2D eigenvalue weighted by Crippen LogP contribution is -2.34. The van der Waals surface area contributed by atoms with Gasteiger partial charge in [-0.05, 0) is 62.6 Å². The second kappa shape index (κ2) is 9.91. The molecule has 1 N–H and O–H groups in total. The van der Waals surface area contributed by atoms with E-state index < -0.39 is 11.9 Å². The van der Waals surface area contributed by atoms with E-state index in [2.05, 4.69) is 21.2 Å². The quantitative estimate of drug-likeness (QED) is 0.502. The molecule has 7 heteroatoms. The number of ketones is 1. The van der Waals surface area contributed by atoms with E-state index in [-0.39, 0.29) is 24.8 Å². The molecule has 0 saturated carbocycles. The van der Waals surface area contributed by atoms with Crippen LogP contribution in [0, 0.1) is 5.82 Å². The maximum Gasteiger partial charge on any atom is 0.336 e. The summed E-state index contributed by atoms with van der Waals surface area (Å²) < 4.78 is 25.9. The minimum Gasteiger partial charge on any atom is -0.489 e. The molecule has 0 spiro atoms. The van der Waals surface area contributed by atoms with Crippen molar-refractivity contribution in [2.75, 3.05) is 6.61 Å². The predicted octanol–water partition coefficient (Wildman–Crippen LogP) is 5.70. The topological polar surface area (TPSA) is 64.6 Å². The molecule has 2 aliphatic rings. The molecular formula is C26H25BrFNO4. The van der Waals surface area contributed by atoms with Crippen molar-refractivity contribution in [1.82, 2.24) is 5.32 Å². The summed E-state index contributed by atoms with van der Waals surface area (Å²) in [5.41, 5.74) is 3.87. The minimum atomic E-state index is -0.617. The maximum absolute atomic E-state index is 13.6. The van der Waals surface area contributed by atoms with Crippen LogP contribution in [0.3, 0.4) is 0 Å². The molecule has 0 fully saturated rings. The summed E-state index contributed by atoms with van der Waals surface area (Å²) in [6.07, 6.45) is 1.93. The number of Topliss-reactive ketones (excluding diaryl/α,β-unsaturated/α-hetero) is 1. The van der Waals surface area contributed by atoms with Gasteiger partial charge in [0.1, 0.15) is 18.2 Å². The molecule has 0 radical (unpaired) electrons. The summed E-state index contributed by atoms with van der Waals surface area (Å²) in [6.45, 7) is 3.95. The molecule has 0 unspecified atom stereocenters. The molecule has 4 rings (SSSR count). The summed E-state index contributed by atoms with van der Waals surface area (Å²) >= 11 is 3.52. The highest BCUT2D eigenvalue weighted by molar-refractivity contribution is 9.10. The van der Waals surface area contributed by atoms with Crippen LogP contribution in [-0.2, 0) is 20.9 Å². The molecule has 1 heterocycles. The highest BCUT2D eigenvalue weighted by atomic mass is 79.9. The van der Waals surface area contributed by atoms with Crippen LogP contribution in [0.25, 0.3) is 0 Å². The highest BCUT2D eigenvalue weighted by Gasteiger charge is 2.40. The van der Waals surface area contributed by atoms with Gasteiger partial charge in [0.2, 0.25) is 0 Å².